The standard InChI is InChI=1S/C25H23N3O4S2.CH4/c29-25(30)22(28-34(31,32)24-8-4-14-33-24)16-18-9-11-20(12-10-18)21-6-3-5-19(15-21)17-27-23-7-1-2-13-26-23;/h1-15,22,28H,16-17H2,(H,26,27)(H,29,30);1H4/t22-;/m0./s1. The predicted molar refractivity (Wildman–Crippen MR) is 140 cm³/mol. The van der Waals surface area contributed by atoms with Gasteiger partial charge in [0.1, 0.15) is 16.1 Å². The third-order valence-electron chi connectivity index (χ3n) is 5.15. The van der Waals surface area contributed by atoms with Crippen molar-refractivity contribution in [2.45, 2.75) is 30.6 Å². The average Bonchev–Trinajstić information content (AvgIpc) is 3.40. The Morgan fingerprint density at radius 2 is 1.74 bits per heavy atom. The summed E-state index contributed by atoms with van der Waals surface area (Å²) in [6.07, 6.45) is 1.77. The Labute approximate surface area is 209 Å². The van der Waals surface area contributed by atoms with Crippen molar-refractivity contribution < 1.29 is 18.3 Å². The molecule has 4 aromatic rings. The topological polar surface area (TPSA) is 108 Å². The fourth-order valence-electron chi connectivity index (χ4n) is 3.43. The molecule has 2 heterocycles. The zero-order chi connectivity index (χ0) is 24.0. The van der Waals surface area contributed by atoms with Crippen molar-refractivity contribution in [1.82, 2.24) is 9.71 Å². The average molecular weight is 510 g/mol. The largest absolute Gasteiger partial charge is 0.480 e. The number of carbonyl (C=O) groups is 1. The highest BCUT2D eigenvalue weighted by atomic mass is 32.2. The van der Waals surface area contributed by atoms with E-state index in [9.17, 15) is 18.3 Å². The molecule has 182 valence electrons. The van der Waals surface area contributed by atoms with Gasteiger partial charge < -0.3 is 10.4 Å². The van der Waals surface area contributed by atoms with E-state index in [1.807, 2.05) is 60.7 Å². The SMILES string of the molecule is C.O=C(O)[C@H](Cc1ccc(-c2cccc(CNc3ccccn3)c2)cc1)NS(=O)(=O)c1cccs1. The Kier molecular flexibility index (Phi) is 8.75. The van der Waals surface area contributed by atoms with Crippen LogP contribution >= 0.6 is 11.3 Å². The molecule has 7 nitrogen and oxygen atoms in total. The number of benzene rings is 2. The zero-order valence-electron chi connectivity index (χ0n) is 18.1. The lowest BCUT2D eigenvalue weighted by atomic mass is 9.99. The summed E-state index contributed by atoms with van der Waals surface area (Å²) in [5.41, 5.74) is 3.83. The highest BCUT2D eigenvalue weighted by molar-refractivity contribution is 7.91. The predicted octanol–water partition coefficient (Wildman–Crippen LogP) is 5.03. The molecule has 0 radical (unpaired) electrons. The van der Waals surface area contributed by atoms with E-state index in [-0.39, 0.29) is 18.1 Å². The van der Waals surface area contributed by atoms with Gasteiger partial charge in [-0.3, -0.25) is 4.79 Å². The lowest BCUT2D eigenvalue weighted by Gasteiger charge is -2.14. The molecule has 1 atom stereocenters. The van der Waals surface area contributed by atoms with Crippen LogP contribution < -0.4 is 10.0 Å². The molecule has 0 aliphatic heterocycles. The Morgan fingerprint density at radius 3 is 2.40 bits per heavy atom. The molecule has 4 rings (SSSR count). The van der Waals surface area contributed by atoms with Gasteiger partial charge in [-0.2, -0.15) is 4.72 Å². The van der Waals surface area contributed by atoms with Crippen molar-refractivity contribution >= 4 is 33.1 Å². The summed E-state index contributed by atoms with van der Waals surface area (Å²) >= 11 is 1.04. The lowest BCUT2D eigenvalue weighted by molar-refractivity contribution is -0.138. The fourth-order valence-corrected chi connectivity index (χ4v) is 5.63. The van der Waals surface area contributed by atoms with Gasteiger partial charge in [-0.25, -0.2) is 13.4 Å². The summed E-state index contributed by atoms with van der Waals surface area (Å²) < 4.78 is 27.3. The molecule has 0 saturated carbocycles. The van der Waals surface area contributed by atoms with Crippen LogP contribution in [0.1, 0.15) is 18.6 Å². The minimum atomic E-state index is -3.89. The van der Waals surface area contributed by atoms with Crippen LogP contribution in [0.25, 0.3) is 11.1 Å². The van der Waals surface area contributed by atoms with Crippen molar-refractivity contribution in [3.8, 4) is 11.1 Å². The number of rotatable bonds is 10. The second-order valence-corrected chi connectivity index (χ2v) is 10.5. The summed E-state index contributed by atoms with van der Waals surface area (Å²) in [7, 11) is -3.89. The Bertz CT molecular complexity index is 1340. The van der Waals surface area contributed by atoms with Crippen LogP contribution in [0, 0.1) is 0 Å². The number of thiophene rings is 1. The van der Waals surface area contributed by atoms with Crippen LogP contribution in [-0.4, -0.2) is 30.5 Å². The van der Waals surface area contributed by atoms with Crippen LogP contribution in [0.15, 0.2) is 94.6 Å². The Hall–Kier alpha value is -3.53. The highest BCUT2D eigenvalue weighted by Crippen LogP contribution is 2.22. The van der Waals surface area contributed by atoms with Gasteiger partial charge in [-0.15, -0.1) is 11.3 Å². The molecule has 0 amide bonds. The molecular formula is C26H27N3O4S2. The molecule has 9 heteroatoms. The van der Waals surface area contributed by atoms with Crippen molar-refractivity contribution in [2.75, 3.05) is 5.32 Å². The first kappa shape index (κ1) is 26.1. The Morgan fingerprint density at radius 1 is 0.943 bits per heavy atom. The number of nitrogens with one attached hydrogen (secondary N) is 2. The van der Waals surface area contributed by atoms with Crippen molar-refractivity contribution in [1.29, 1.82) is 0 Å². The van der Waals surface area contributed by atoms with E-state index in [2.05, 4.69) is 21.1 Å². The molecule has 0 aliphatic carbocycles. The smallest absolute Gasteiger partial charge is 0.322 e. The van der Waals surface area contributed by atoms with Gasteiger partial charge in [-0.05, 0) is 58.3 Å². The second kappa shape index (κ2) is 11.7. The minimum Gasteiger partial charge on any atom is -0.480 e. The molecular weight excluding hydrogens is 482 g/mol. The van der Waals surface area contributed by atoms with Crippen LogP contribution in [0.4, 0.5) is 5.82 Å². The summed E-state index contributed by atoms with van der Waals surface area (Å²) in [5.74, 6) is -0.419. The van der Waals surface area contributed by atoms with Crippen LogP contribution in [0.2, 0.25) is 0 Å². The molecule has 2 aromatic carbocycles. The highest BCUT2D eigenvalue weighted by Gasteiger charge is 2.26. The van der Waals surface area contributed by atoms with Gasteiger partial charge in [0.15, 0.2) is 0 Å². The summed E-state index contributed by atoms with van der Waals surface area (Å²) in [6.45, 7) is 0.633. The van der Waals surface area contributed by atoms with Crippen molar-refractivity contribution in [3.63, 3.8) is 0 Å². The van der Waals surface area contributed by atoms with Crippen LogP contribution in [0.5, 0.6) is 0 Å². The number of sulfonamides is 1. The summed E-state index contributed by atoms with van der Waals surface area (Å²) in [6, 6.07) is 23.1. The quantitative estimate of drug-likeness (QED) is 0.277. The van der Waals surface area contributed by atoms with Gasteiger partial charge in [0.25, 0.3) is 10.0 Å². The number of aliphatic carboxylic acids is 1. The third-order valence-corrected chi connectivity index (χ3v) is 8.02. The second-order valence-electron chi connectivity index (χ2n) is 7.61. The monoisotopic (exact) mass is 509 g/mol. The number of hydrogen-bond acceptors (Lipinski definition) is 6. The van der Waals surface area contributed by atoms with Gasteiger partial charge in [-0.1, -0.05) is 62.0 Å². The third kappa shape index (κ3) is 6.98. The minimum absolute atomic E-state index is 0. The molecule has 35 heavy (non-hydrogen) atoms. The Balaban J connectivity index is 0.00000342. The normalized spacial score (nSPS) is 11.9. The van der Waals surface area contributed by atoms with Crippen molar-refractivity contribution in [3.05, 3.63) is 102 Å². The van der Waals surface area contributed by atoms with E-state index in [0.717, 1.165) is 39.4 Å². The van der Waals surface area contributed by atoms with Gasteiger partial charge in [0.2, 0.25) is 0 Å². The maximum absolute atomic E-state index is 12.4. The van der Waals surface area contributed by atoms with Crippen LogP contribution in [0.3, 0.4) is 0 Å². The molecule has 2 aromatic heterocycles. The lowest BCUT2D eigenvalue weighted by Crippen LogP contribution is -2.42. The van der Waals surface area contributed by atoms with E-state index in [1.54, 1.807) is 17.6 Å². The molecule has 0 unspecified atom stereocenters. The molecule has 0 aliphatic rings. The molecule has 3 N–H and O–H groups in total. The maximum atomic E-state index is 12.4. The number of hydrogen-bond donors (Lipinski definition) is 3. The number of carboxylic acids is 1. The summed E-state index contributed by atoms with van der Waals surface area (Å²) in [4.78, 5) is 16.0. The van der Waals surface area contributed by atoms with Gasteiger partial charge >= 0.3 is 5.97 Å². The van der Waals surface area contributed by atoms with Gasteiger partial charge in [0.05, 0.1) is 0 Å². The number of aromatic nitrogens is 1. The number of pyridine rings is 1. The molecule has 0 spiro atoms. The number of carboxylic acid groups (broad SMARTS) is 1. The molecule has 0 saturated heterocycles. The van der Waals surface area contributed by atoms with E-state index in [4.69, 9.17) is 0 Å². The fraction of sp³-hybridized carbons (Fsp3) is 0.154. The van der Waals surface area contributed by atoms with E-state index in [0.29, 0.717) is 6.54 Å². The van der Waals surface area contributed by atoms with Gasteiger partial charge in [0, 0.05) is 12.7 Å². The first-order chi connectivity index (χ1) is 16.4. The van der Waals surface area contributed by atoms with E-state index >= 15 is 0 Å². The first-order valence-corrected chi connectivity index (χ1v) is 12.9. The molecule has 0 bridgehead atoms. The first-order valence-electron chi connectivity index (χ1n) is 10.5. The van der Waals surface area contributed by atoms with Crippen molar-refractivity contribution in [2.24, 2.45) is 0 Å². The molecule has 0 fully saturated rings. The summed E-state index contributed by atoms with van der Waals surface area (Å²) in [5, 5.41) is 14.5. The zero-order valence-corrected chi connectivity index (χ0v) is 19.7. The van der Waals surface area contributed by atoms with Crippen LogP contribution in [-0.2, 0) is 27.8 Å². The number of anilines is 1. The maximum Gasteiger partial charge on any atom is 0.322 e. The number of nitrogens with zero attached hydrogens (tertiary/aromatic N) is 1. The van der Waals surface area contributed by atoms with E-state index in [1.165, 1.54) is 6.07 Å². The van der Waals surface area contributed by atoms with E-state index < -0.39 is 22.0 Å².